The summed E-state index contributed by atoms with van der Waals surface area (Å²) in [5, 5.41) is 18.5. The summed E-state index contributed by atoms with van der Waals surface area (Å²) in [4.78, 5) is 12.7. The molecule has 2 heterocycles. The van der Waals surface area contributed by atoms with Crippen LogP contribution in [-0.2, 0) is 4.74 Å². The van der Waals surface area contributed by atoms with E-state index in [1.807, 2.05) is 55.5 Å². The molecule has 0 saturated carbocycles. The van der Waals surface area contributed by atoms with Crippen LogP contribution in [0.15, 0.2) is 60.7 Å². The predicted molar refractivity (Wildman–Crippen MR) is 106 cm³/mol. The molecular formula is C23H21N3O3. The minimum Gasteiger partial charge on any atom is -0.869 e. The Kier molecular flexibility index (Phi) is 4.76. The second-order valence-electron chi connectivity index (χ2n) is 6.72. The standard InChI is InChI=1S/C23H21N3O3/c1-4-29-23(28)19-15(2)20(21(27)17-11-7-5-8-12-17)25-16(3)26(24-22(19)25)18-13-9-6-10-14-18/h5-14H,4H2,1-3H3. The van der Waals surface area contributed by atoms with Crippen LogP contribution in [0.3, 0.4) is 0 Å². The smallest absolute Gasteiger partial charge is 0.344 e. The van der Waals surface area contributed by atoms with Crippen LogP contribution in [0.25, 0.3) is 17.1 Å². The molecule has 6 heteroatoms. The molecule has 0 aliphatic carbocycles. The molecule has 4 aromatic rings. The number of aromatic nitrogens is 3. The number of para-hydroxylation sites is 1. The third kappa shape index (κ3) is 3.02. The molecule has 0 fully saturated rings. The molecule has 146 valence electrons. The van der Waals surface area contributed by atoms with Crippen molar-refractivity contribution in [1.82, 2.24) is 9.50 Å². The summed E-state index contributed by atoms with van der Waals surface area (Å²) in [5.41, 5.74) is 2.71. The van der Waals surface area contributed by atoms with Crippen LogP contribution in [0.5, 0.6) is 0 Å². The Hall–Kier alpha value is -3.67. The van der Waals surface area contributed by atoms with E-state index in [0.29, 0.717) is 27.7 Å². The third-order valence-corrected chi connectivity index (χ3v) is 4.95. The second kappa shape index (κ2) is 7.39. The van der Waals surface area contributed by atoms with Gasteiger partial charge in [-0.05, 0) is 36.6 Å². The van der Waals surface area contributed by atoms with Gasteiger partial charge in [0.1, 0.15) is 10.9 Å². The van der Waals surface area contributed by atoms with Gasteiger partial charge >= 0.3 is 5.97 Å². The van der Waals surface area contributed by atoms with Gasteiger partial charge in [-0.25, -0.2) is 4.79 Å². The van der Waals surface area contributed by atoms with Crippen molar-refractivity contribution in [1.29, 1.82) is 0 Å². The Balaban J connectivity index is 2.12. The van der Waals surface area contributed by atoms with Crippen molar-refractivity contribution in [2.75, 3.05) is 6.61 Å². The largest absolute Gasteiger partial charge is 0.869 e. The summed E-state index contributed by atoms with van der Waals surface area (Å²) in [6, 6.07) is 18.6. The van der Waals surface area contributed by atoms with E-state index < -0.39 is 5.97 Å². The Labute approximate surface area is 168 Å². The van der Waals surface area contributed by atoms with Gasteiger partial charge in [0.05, 0.1) is 6.61 Å². The molecule has 29 heavy (non-hydrogen) atoms. The molecule has 0 saturated heterocycles. The van der Waals surface area contributed by atoms with Crippen LogP contribution < -0.4 is 15.1 Å². The van der Waals surface area contributed by atoms with Crippen molar-refractivity contribution >= 4 is 17.4 Å². The summed E-state index contributed by atoms with van der Waals surface area (Å²) >= 11 is 0. The van der Waals surface area contributed by atoms with Gasteiger partial charge in [-0.15, -0.1) is 0 Å². The monoisotopic (exact) mass is 387 g/mol. The fourth-order valence-electron chi connectivity index (χ4n) is 3.60. The van der Waals surface area contributed by atoms with Gasteiger partial charge in [0.2, 0.25) is 0 Å². The fraction of sp³-hybridized carbons (Fsp3) is 0.174. The van der Waals surface area contributed by atoms with Crippen LogP contribution >= 0.6 is 0 Å². The van der Waals surface area contributed by atoms with E-state index in [-0.39, 0.29) is 12.4 Å². The van der Waals surface area contributed by atoms with E-state index in [2.05, 4.69) is 5.10 Å². The molecular weight excluding hydrogens is 366 g/mol. The number of esters is 1. The molecule has 0 bridgehead atoms. The molecule has 6 nitrogen and oxygen atoms in total. The molecule has 0 amide bonds. The number of rotatable bonds is 4. The number of benzene rings is 2. The van der Waals surface area contributed by atoms with E-state index in [9.17, 15) is 9.90 Å². The summed E-state index contributed by atoms with van der Waals surface area (Å²) in [6.45, 7) is 5.65. The zero-order chi connectivity index (χ0) is 20.5. The topological polar surface area (TPSA) is 70.5 Å². The van der Waals surface area contributed by atoms with Gasteiger partial charge in [0.25, 0.3) is 11.5 Å². The van der Waals surface area contributed by atoms with E-state index >= 15 is 0 Å². The van der Waals surface area contributed by atoms with E-state index in [0.717, 1.165) is 11.5 Å². The minimum atomic E-state index is -0.479. The highest BCUT2D eigenvalue weighted by Gasteiger charge is 2.31. The summed E-state index contributed by atoms with van der Waals surface area (Å²) < 4.78 is 8.75. The molecule has 2 aromatic carbocycles. The zero-order valence-electron chi connectivity index (χ0n) is 16.5. The lowest BCUT2D eigenvalue weighted by Crippen LogP contribution is -2.37. The van der Waals surface area contributed by atoms with Crippen LogP contribution in [0.1, 0.15) is 34.2 Å². The second-order valence-corrected chi connectivity index (χ2v) is 6.72. The number of carbonyl (C=O) groups excluding carboxylic acids is 1. The van der Waals surface area contributed by atoms with Gasteiger partial charge in [-0.1, -0.05) is 59.0 Å². The van der Waals surface area contributed by atoms with Crippen molar-refractivity contribution in [3.8, 4) is 5.69 Å². The first-order valence-electron chi connectivity index (χ1n) is 9.47. The van der Waals surface area contributed by atoms with Gasteiger partial charge < -0.3 is 9.84 Å². The van der Waals surface area contributed by atoms with Crippen molar-refractivity contribution in [2.24, 2.45) is 0 Å². The summed E-state index contributed by atoms with van der Waals surface area (Å²) in [5.74, 6) is 0.0841. The van der Waals surface area contributed by atoms with Gasteiger partial charge in [-0.3, -0.25) is 0 Å². The number of carbonyl (C=O) groups is 1. The SMILES string of the molecule is CCOC(=O)c1c(C)/c(=C(/[O-])c2ccccc2)n2c(C)[n+](-c3ccccc3)nc12. The summed E-state index contributed by atoms with van der Waals surface area (Å²) in [6.07, 6.45) is 0. The Bertz CT molecular complexity index is 1250. The molecule has 0 spiro atoms. The van der Waals surface area contributed by atoms with E-state index in [1.165, 1.54) is 0 Å². The zero-order valence-corrected chi connectivity index (χ0v) is 16.5. The molecule has 0 atom stereocenters. The fourth-order valence-corrected chi connectivity index (χ4v) is 3.60. The predicted octanol–water partition coefficient (Wildman–Crippen LogP) is 1.64. The maximum absolute atomic E-state index is 13.4. The lowest BCUT2D eigenvalue weighted by molar-refractivity contribution is -0.662. The lowest BCUT2D eigenvalue weighted by Gasteiger charge is -2.10. The number of fused-ring (bicyclic) bond motifs is 1. The number of nitrogens with zero attached hydrogens (tertiary/aromatic N) is 3. The van der Waals surface area contributed by atoms with Gasteiger partial charge in [0, 0.05) is 12.5 Å². The maximum Gasteiger partial charge on any atom is 0.344 e. The molecule has 0 N–H and O–H groups in total. The third-order valence-electron chi connectivity index (χ3n) is 4.95. The van der Waals surface area contributed by atoms with E-state index in [4.69, 9.17) is 4.74 Å². The first-order chi connectivity index (χ1) is 14.0. The first-order valence-corrected chi connectivity index (χ1v) is 9.47. The molecule has 0 aliphatic heterocycles. The first kappa shape index (κ1) is 18.7. The average Bonchev–Trinajstić information content (AvgIpc) is 3.22. The van der Waals surface area contributed by atoms with Crippen molar-refractivity contribution in [3.05, 3.63) is 88.5 Å². The van der Waals surface area contributed by atoms with Crippen LogP contribution in [0, 0.1) is 13.8 Å². The minimum absolute atomic E-state index is 0.163. The normalized spacial score (nSPS) is 12.2. The summed E-state index contributed by atoms with van der Waals surface area (Å²) in [7, 11) is 0. The Morgan fingerprint density at radius 3 is 2.31 bits per heavy atom. The highest BCUT2D eigenvalue weighted by Crippen LogP contribution is 2.17. The molecule has 4 rings (SSSR count). The number of aryl methyl sites for hydroxylation is 1. The van der Waals surface area contributed by atoms with Crippen molar-refractivity contribution in [2.45, 2.75) is 20.8 Å². The van der Waals surface area contributed by atoms with Crippen LogP contribution in [-0.4, -0.2) is 22.1 Å². The highest BCUT2D eigenvalue weighted by atomic mass is 16.5. The molecule has 0 unspecified atom stereocenters. The number of ether oxygens (including phenoxy) is 1. The molecule has 0 aliphatic rings. The van der Waals surface area contributed by atoms with Gasteiger partial charge in [-0.2, -0.15) is 4.40 Å². The molecule has 0 radical (unpaired) electrons. The Morgan fingerprint density at radius 1 is 1.07 bits per heavy atom. The van der Waals surface area contributed by atoms with Crippen molar-refractivity contribution in [3.63, 3.8) is 0 Å². The average molecular weight is 387 g/mol. The Morgan fingerprint density at radius 2 is 1.69 bits per heavy atom. The highest BCUT2D eigenvalue weighted by molar-refractivity contribution is 5.98. The van der Waals surface area contributed by atoms with Crippen LogP contribution in [0.2, 0.25) is 0 Å². The number of hydrogen-bond donors (Lipinski definition) is 0. The quantitative estimate of drug-likeness (QED) is 0.394. The van der Waals surface area contributed by atoms with Crippen LogP contribution in [0.4, 0.5) is 0 Å². The lowest BCUT2D eigenvalue weighted by atomic mass is 10.1. The van der Waals surface area contributed by atoms with Gasteiger partial charge in [0.15, 0.2) is 5.69 Å². The number of hydrogen-bond acceptors (Lipinski definition) is 4. The maximum atomic E-state index is 13.4. The molecule has 2 aromatic heterocycles. The van der Waals surface area contributed by atoms with Crippen molar-refractivity contribution < 1.29 is 19.3 Å². The van der Waals surface area contributed by atoms with E-state index in [1.54, 1.807) is 35.1 Å².